The highest BCUT2D eigenvalue weighted by atomic mass is 32.2. The first-order valence-corrected chi connectivity index (χ1v) is 48.2. The number of benzene rings is 4. The van der Waals surface area contributed by atoms with Gasteiger partial charge in [0.05, 0.1) is 103 Å². The number of aryl methyl sites for hydroxylation is 1. The molecule has 0 aliphatic carbocycles. The van der Waals surface area contributed by atoms with E-state index in [0.29, 0.717) is 90.0 Å². The molecule has 12 bridgehead atoms. The van der Waals surface area contributed by atoms with E-state index in [1.54, 1.807) is 124 Å². The van der Waals surface area contributed by atoms with Crippen LogP contribution in [-0.4, -0.2) is 231 Å². The van der Waals surface area contributed by atoms with Gasteiger partial charge in [0.1, 0.15) is 42.1 Å². The Bertz CT molecular complexity index is 5120. The van der Waals surface area contributed by atoms with Crippen LogP contribution in [0.1, 0.15) is 218 Å². The first-order chi connectivity index (χ1) is 63.5. The van der Waals surface area contributed by atoms with Gasteiger partial charge in [-0.05, 0) is 130 Å². The molecule has 4 aromatic carbocycles. The van der Waals surface area contributed by atoms with Gasteiger partial charge in [-0.1, -0.05) is 101 Å². The Morgan fingerprint density at radius 3 is 1.35 bits per heavy atom. The van der Waals surface area contributed by atoms with Crippen molar-refractivity contribution in [2.75, 3.05) is 74.5 Å². The lowest BCUT2D eigenvalue weighted by Gasteiger charge is -2.27. The molecule has 10 atom stereocenters. The van der Waals surface area contributed by atoms with E-state index in [2.05, 4.69) is 29.1 Å². The van der Waals surface area contributed by atoms with Crippen molar-refractivity contribution in [2.24, 2.45) is 29.6 Å². The summed E-state index contributed by atoms with van der Waals surface area (Å²) in [5.74, 6) is -11.1. The molecule has 34 heteroatoms. The summed E-state index contributed by atoms with van der Waals surface area (Å²) >= 11 is 2.25. The molecule has 133 heavy (non-hydrogen) atoms. The number of anilines is 2. The number of hydrogen-bond donors (Lipinski definition) is 3. The van der Waals surface area contributed by atoms with E-state index < -0.39 is 143 Å². The molecule has 0 saturated carbocycles. The number of rotatable bonds is 3. The number of carbonyl (C=O) groups excluding carboxylic acids is 18. The van der Waals surface area contributed by atoms with Crippen LogP contribution in [0.25, 0.3) is 0 Å². The van der Waals surface area contributed by atoms with Crippen LogP contribution in [0.5, 0.6) is 17.2 Å². The summed E-state index contributed by atoms with van der Waals surface area (Å²) in [6, 6.07) is 15.8. The van der Waals surface area contributed by atoms with Gasteiger partial charge < -0.3 is 49.4 Å². The zero-order chi connectivity index (χ0) is 95.8. The summed E-state index contributed by atoms with van der Waals surface area (Å²) in [6.07, 6.45) is -1.86. The predicted octanol–water partition coefficient (Wildman–Crippen LogP) is 11.0. The molecule has 10 aliphatic heterocycles. The summed E-state index contributed by atoms with van der Waals surface area (Å²) in [6.45, 7) is 20.5. The first-order valence-electron chi connectivity index (χ1n) is 46.1. The number of imide groups is 2. The molecule has 10 unspecified atom stereocenters. The summed E-state index contributed by atoms with van der Waals surface area (Å²) < 4.78 is 30.5. The Morgan fingerprint density at radius 1 is 0.444 bits per heavy atom. The number of amides is 11. The van der Waals surface area contributed by atoms with E-state index in [0.717, 1.165) is 44.5 Å². The van der Waals surface area contributed by atoms with E-state index in [1.165, 1.54) is 16.9 Å². The van der Waals surface area contributed by atoms with E-state index in [9.17, 15) is 86.3 Å². The van der Waals surface area contributed by atoms with Crippen LogP contribution in [0.4, 0.5) is 21.0 Å². The minimum Gasteiger partial charge on any atom is -0.493 e. The van der Waals surface area contributed by atoms with Crippen molar-refractivity contribution in [3.8, 4) is 17.2 Å². The molecule has 0 spiro atoms. The molecular formula is C99H121N9O23S2. The second-order valence-corrected chi connectivity index (χ2v) is 39.5. The summed E-state index contributed by atoms with van der Waals surface area (Å²) in [4.78, 5) is 261. The van der Waals surface area contributed by atoms with E-state index in [-0.39, 0.29) is 223 Å². The third kappa shape index (κ3) is 25.6. The number of Topliss-reactive ketones (excluding diaryl/α,β-unsaturated/α-hetero) is 7. The van der Waals surface area contributed by atoms with Crippen LogP contribution in [0, 0.1) is 36.5 Å². The largest absolute Gasteiger partial charge is 0.493 e. The molecule has 712 valence electrons. The van der Waals surface area contributed by atoms with Crippen LogP contribution in [0.15, 0.2) is 97.1 Å². The normalized spacial score (nSPS) is 25.6. The Labute approximate surface area is 782 Å². The minimum absolute atomic E-state index is 0.0273. The van der Waals surface area contributed by atoms with Gasteiger partial charge in [0, 0.05) is 139 Å². The van der Waals surface area contributed by atoms with Gasteiger partial charge in [0.25, 0.3) is 11.8 Å². The van der Waals surface area contributed by atoms with Gasteiger partial charge in [0.15, 0.2) is 28.8 Å². The fraction of sp³-hybridized carbons (Fsp3) is 0.535. The molecule has 0 aromatic heterocycles. The number of nitrogens with one attached hydrogen (secondary N) is 3. The van der Waals surface area contributed by atoms with Gasteiger partial charge in [-0.25, -0.2) is 9.59 Å². The number of hydrogen-bond acceptors (Lipinski definition) is 25. The minimum atomic E-state index is -1.68. The van der Waals surface area contributed by atoms with Crippen molar-refractivity contribution in [3.05, 3.63) is 136 Å². The lowest BCUT2D eigenvalue weighted by Crippen LogP contribution is -2.50. The van der Waals surface area contributed by atoms with E-state index in [1.807, 2.05) is 6.92 Å². The van der Waals surface area contributed by atoms with E-state index in [4.69, 9.17) is 23.7 Å². The van der Waals surface area contributed by atoms with E-state index >= 15 is 0 Å². The number of methoxy groups -OCH3 is 1. The summed E-state index contributed by atoms with van der Waals surface area (Å²) in [5.41, 5.74) is 5.75. The monoisotopic (exact) mass is 1870 g/mol. The van der Waals surface area contributed by atoms with Gasteiger partial charge in [-0.15, -0.1) is 23.5 Å². The molecule has 0 radical (unpaired) electrons. The lowest BCUT2D eigenvalue weighted by molar-refractivity contribution is -0.141. The van der Waals surface area contributed by atoms with Crippen molar-refractivity contribution in [3.63, 3.8) is 0 Å². The maximum absolute atomic E-state index is 14.9. The number of ketones is 7. The molecular weight excluding hydrogens is 1750 g/mol. The Balaban J connectivity index is 0.754. The molecule has 11 amide bonds. The van der Waals surface area contributed by atoms with Crippen molar-refractivity contribution < 1.29 is 110 Å². The van der Waals surface area contributed by atoms with Crippen LogP contribution in [-0.2, 0) is 103 Å². The fourth-order valence-electron chi connectivity index (χ4n) is 18.1. The number of carbonyl (C=O) groups is 18. The van der Waals surface area contributed by atoms with Gasteiger partial charge >= 0.3 is 12.2 Å². The topological polar surface area (TPSA) is 409 Å². The molecule has 5 fully saturated rings. The lowest BCUT2D eigenvalue weighted by atomic mass is 9.83. The van der Waals surface area contributed by atoms with Crippen LogP contribution in [0.2, 0.25) is 0 Å². The highest BCUT2D eigenvalue weighted by molar-refractivity contribution is 8.17. The van der Waals surface area contributed by atoms with Crippen molar-refractivity contribution in [2.45, 2.75) is 244 Å². The summed E-state index contributed by atoms with van der Waals surface area (Å²) in [7, 11) is 1.46. The highest BCUT2D eigenvalue weighted by Crippen LogP contribution is 2.43. The maximum atomic E-state index is 14.9. The SMILES string of the molecule is C=C1CC2CN3C(=O)OCc4ccc(cc4)CC(=O)C(C)NC(=O)C(C(C)C)CC(=O)CCCCC(=O)C4CC(=O)CCN5C(=O)CC(SCSC6CC(=O)N(CCC(=O)NC4C(=O)CCCCC(=O)CC(C(C)C)C(=O)NC(C)C(=O)Cc4ccc(cc4)COC(=O)N4CC7CC(=C)CN7C(=O)c7cc(OC)c(cc74)OCCCCCOc4cc3c(cc4C)C(=O)N2C1)C6=O)C5=O. The standard InChI is InChI=1S/C99H121N9O23S2/c1-56(2)72-41-69(109)18-12-14-20-79(112)76-43-71(111)30-32-103-89(117)47-86(96(103)123)132-55-133-87-48-90(118)104(97(87)124)33-31-88(116)102-91(76)80(113)21-15-13-19-70(110)42-73(57(3)4)93(120)101-62(9)82(115)40-64-24-28-66(29-25-64)54-131-99(126)108-52-68-37-59(6)50-106(68)95(122)75-44-84(127-10)85(46-78(75)108)129-35-17-11-16-34-128-83-45-77-74(38-60(83)7)94(121)105-49-58(5)36-67(105)51-107(77)98(125)130-53-65-26-22-63(23-27-65)39-81(114)61(8)100-92(72)119/h22-29,38,44-46,56-57,61-62,67-68,72-73,76,86-87,91H,5-6,11-21,30-37,39-43,47-55H2,1-4,7-10H3,(H,100,119)(H,101,120)(H,102,116). The molecule has 10 aliphatic rings. The van der Waals surface area contributed by atoms with Crippen molar-refractivity contribution in [1.82, 2.24) is 35.6 Å². The second-order valence-electron chi connectivity index (χ2n) is 36.7. The highest BCUT2D eigenvalue weighted by Gasteiger charge is 2.47. The third-order valence-corrected chi connectivity index (χ3v) is 28.7. The van der Waals surface area contributed by atoms with Crippen molar-refractivity contribution in [1.29, 1.82) is 0 Å². The third-order valence-electron chi connectivity index (χ3n) is 26.1. The Kier molecular flexibility index (Phi) is 34.6. The van der Waals surface area contributed by atoms with Crippen molar-refractivity contribution >= 4 is 141 Å². The molecule has 3 N–H and O–H groups in total. The second kappa shape index (κ2) is 45.8. The number of nitrogens with zero attached hydrogens (tertiary/aromatic N) is 6. The molecule has 5 saturated heterocycles. The quantitative estimate of drug-likeness (QED) is 0.127. The van der Waals surface area contributed by atoms with Crippen LogP contribution in [0.3, 0.4) is 0 Å². The Morgan fingerprint density at radius 2 is 0.872 bits per heavy atom. The van der Waals surface area contributed by atoms with Gasteiger partial charge in [-0.2, -0.15) is 0 Å². The van der Waals surface area contributed by atoms with Crippen LogP contribution < -0.4 is 40.0 Å². The van der Waals surface area contributed by atoms with Gasteiger partial charge in [-0.3, -0.25) is 96.3 Å². The molecule has 32 nitrogen and oxygen atoms in total. The van der Waals surface area contributed by atoms with Gasteiger partial charge in [0.2, 0.25) is 41.4 Å². The number of fused-ring (bicyclic) bond motifs is 8. The Hall–Kier alpha value is -11.7. The summed E-state index contributed by atoms with van der Waals surface area (Å²) in [5, 5.41) is 6.76. The zero-order valence-electron chi connectivity index (χ0n) is 77.0. The molecule has 10 heterocycles. The zero-order valence-corrected chi connectivity index (χ0v) is 78.6. The first kappa shape index (κ1) is 100. The molecule has 4 aromatic rings. The molecule has 14 rings (SSSR count). The number of thioether (sulfide) groups is 2. The van der Waals surface area contributed by atoms with Crippen LogP contribution >= 0.6 is 23.5 Å². The smallest absolute Gasteiger partial charge is 0.414 e. The average Bonchev–Trinajstić information content (AvgIpc) is 1.63. The average molecular weight is 1870 g/mol. The predicted molar refractivity (Wildman–Crippen MR) is 494 cm³/mol. The maximum Gasteiger partial charge on any atom is 0.414 e. The number of ether oxygens (including phenoxy) is 5. The fourth-order valence-corrected chi connectivity index (χ4v) is 20.8.